The molecule has 0 radical (unpaired) electrons. The monoisotopic (exact) mass is 408 g/mol. The number of aromatic amines is 1. The number of aryl methyl sites for hydroxylation is 1. The quantitative estimate of drug-likeness (QED) is 0.431. The predicted molar refractivity (Wildman–Crippen MR) is 115 cm³/mol. The number of H-pyrrole nitrogens is 1. The Morgan fingerprint density at radius 1 is 1.07 bits per heavy atom. The molecule has 0 atom stereocenters. The number of Topliss-reactive ketones (excluding diaryl/α,β-unsaturated/α-hetero) is 1. The molecule has 6 heteroatoms. The van der Waals surface area contributed by atoms with Crippen LogP contribution >= 0.6 is 11.6 Å². The maximum Gasteiger partial charge on any atom is 0.213 e. The van der Waals surface area contributed by atoms with Crippen molar-refractivity contribution in [2.75, 3.05) is 7.11 Å². The van der Waals surface area contributed by atoms with E-state index < -0.39 is 0 Å². The lowest BCUT2D eigenvalue weighted by Crippen LogP contribution is -2.07. The van der Waals surface area contributed by atoms with Crippen molar-refractivity contribution in [2.45, 2.75) is 26.5 Å². The third kappa shape index (κ3) is 3.37. The molecule has 0 unspecified atom stereocenters. The van der Waals surface area contributed by atoms with Gasteiger partial charge < -0.3 is 19.1 Å². The van der Waals surface area contributed by atoms with E-state index in [-0.39, 0.29) is 18.3 Å². The second kappa shape index (κ2) is 7.85. The number of methoxy groups -OCH3 is 1. The first-order valence-electron chi connectivity index (χ1n) is 9.42. The highest BCUT2D eigenvalue weighted by atomic mass is 35.5. The smallest absolute Gasteiger partial charge is 0.213 e. The second-order valence-corrected chi connectivity index (χ2v) is 7.44. The van der Waals surface area contributed by atoms with Gasteiger partial charge in [0.1, 0.15) is 17.7 Å². The van der Waals surface area contributed by atoms with Crippen LogP contribution in [-0.2, 0) is 22.7 Å². The number of hydrogen-bond acceptors (Lipinski definition) is 3. The number of para-hydroxylation sites is 2. The highest BCUT2D eigenvalue weighted by molar-refractivity contribution is 6.37. The fourth-order valence-corrected chi connectivity index (χ4v) is 4.15. The van der Waals surface area contributed by atoms with Gasteiger partial charge >= 0.3 is 0 Å². The van der Waals surface area contributed by atoms with Crippen molar-refractivity contribution in [3.8, 4) is 0 Å². The summed E-state index contributed by atoms with van der Waals surface area (Å²) in [5.74, 6) is -0.0979. The van der Waals surface area contributed by atoms with E-state index >= 15 is 0 Å². The number of aromatic nitrogens is 2. The number of fused-ring (bicyclic) bond motifs is 2. The van der Waals surface area contributed by atoms with Crippen LogP contribution in [0.15, 0.2) is 48.5 Å². The maximum absolute atomic E-state index is 13.7. The minimum atomic E-state index is -0.184. The summed E-state index contributed by atoms with van der Waals surface area (Å²) in [5.41, 5.74) is 3.47. The maximum atomic E-state index is 13.7. The molecule has 0 aliphatic heterocycles. The Labute approximate surface area is 173 Å². The molecule has 5 nitrogen and oxygen atoms in total. The van der Waals surface area contributed by atoms with Crippen molar-refractivity contribution in [1.82, 2.24) is 9.55 Å². The van der Waals surface area contributed by atoms with Crippen LogP contribution in [0, 0.1) is 0 Å². The molecule has 0 amide bonds. The van der Waals surface area contributed by atoms with Crippen molar-refractivity contribution in [2.24, 2.45) is 0 Å². The summed E-state index contributed by atoms with van der Waals surface area (Å²) in [4.78, 5) is 28.5. The molecule has 2 heterocycles. The Balaban J connectivity index is 1.92. The van der Waals surface area contributed by atoms with Crippen molar-refractivity contribution in [3.63, 3.8) is 0 Å². The average Bonchev–Trinajstić information content (AvgIpc) is 3.22. The number of rotatable bonds is 7. The van der Waals surface area contributed by atoms with Crippen LogP contribution in [0.3, 0.4) is 0 Å². The Morgan fingerprint density at radius 3 is 2.48 bits per heavy atom. The highest BCUT2D eigenvalue weighted by Gasteiger charge is 2.26. The van der Waals surface area contributed by atoms with Gasteiger partial charge in [-0.3, -0.25) is 4.79 Å². The number of carbonyl (C=O) groups excluding carboxylic acids is 2. The Bertz CT molecular complexity index is 1240. The lowest BCUT2D eigenvalue weighted by molar-refractivity contribution is -0.116. The van der Waals surface area contributed by atoms with E-state index in [9.17, 15) is 9.59 Å². The summed E-state index contributed by atoms with van der Waals surface area (Å²) in [6, 6.07) is 15.3. The van der Waals surface area contributed by atoms with E-state index in [1.54, 1.807) is 18.6 Å². The normalized spacial score (nSPS) is 11.4. The van der Waals surface area contributed by atoms with Gasteiger partial charge in [0.15, 0.2) is 0 Å². The molecule has 0 bridgehead atoms. The fraction of sp³-hybridized carbons (Fsp3) is 0.217. The highest BCUT2D eigenvalue weighted by Crippen LogP contribution is 2.34. The van der Waals surface area contributed by atoms with E-state index in [0.717, 1.165) is 27.4 Å². The zero-order valence-corrected chi connectivity index (χ0v) is 17.0. The van der Waals surface area contributed by atoms with Gasteiger partial charge in [0.05, 0.1) is 16.8 Å². The van der Waals surface area contributed by atoms with Crippen molar-refractivity contribution in [3.05, 3.63) is 70.5 Å². The first-order chi connectivity index (χ1) is 14.0. The second-order valence-electron chi connectivity index (χ2n) is 7.08. The summed E-state index contributed by atoms with van der Waals surface area (Å²) >= 11 is 6.65. The number of nitrogens with zero attached hydrogens (tertiary/aromatic N) is 1. The first kappa shape index (κ1) is 19.4. The molecule has 4 aromatic rings. The molecule has 29 heavy (non-hydrogen) atoms. The number of carbonyl (C=O) groups is 2. The number of ketones is 2. The molecule has 0 saturated carbocycles. The third-order valence-electron chi connectivity index (χ3n) is 5.16. The summed E-state index contributed by atoms with van der Waals surface area (Å²) in [6.45, 7) is 1.81. The standard InChI is InChI=1S/C23H21ClN2O3/c1-14(27)11-12-16-15-7-3-5-9-18(15)25-21(16)22(28)20-17-8-4-6-10-19(17)26(13-29-2)23(20)24/h3-10,25H,11-13H2,1-2H3. The summed E-state index contributed by atoms with van der Waals surface area (Å²) in [5, 5.41) is 2.07. The van der Waals surface area contributed by atoms with Crippen molar-refractivity contribution in [1.29, 1.82) is 0 Å². The summed E-state index contributed by atoms with van der Waals surface area (Å²) < 4.78 is 7.05. The minimum Gasteiger partial charge on any atom is -0.364 e. The van der Waals surface area contributed by atoms with Crippen LogP contribution in [0.1, 0.15) is 35.0 Å². The molecule has 0 aliphatic rings. The van der Waals surface area contributed by atoms with Gasteiger partial charge in [-0.05, 0) is 31.0 Å². The molecular formula is C23H21ClN2O3. The molecule has 0 spiro atoms. The number of hydrogen-bond donors (Lipinski definition) is 1. The zero-order chi connectivity index (χ0) is 20.5. The first-order valence-corrected chi connectivity index (χ1v) is 9.80. The van der Waals surface area contributed by atoms with Crippen LogP contribution < -0.4 is 0 Å². The van der Waals surface area contributed by atoms with Gasteiger partial charge in [-0.2, -0.15) is 0 Å². The number of nitrogens with one attached hydrogen (secondary N) is 1. The van der Waals surface area contributed by atoms with E-state index in [2.05, 4.69) is 4.98 Å². The SMILES string of the molecule is COCn1c(Cl)c(C(=O)c2[nH]c3ccccc3c2CCC(C)=O)c2ccccc21. The molecule has 0 aliphatic carbocycles. The Kier molecular flexibility index (Phi) is 5.26. The third-order valence-corrected chi connectivity index (χ3v) is 5.55. The molecule has 2 aromatic heterocycles. The molecule has 0 saturated heterocycles. The minimum absolute atomic E-state index is 0.0865. The fourth-order valence-electron chi connectivity index (χ4n) is 3.82. The molecule has 1 N–H and O–H groups in total. The molecule has 0 fully saturated rings. The Hall–Kier alpha value is -2.89. The molecule has 2 aromatic carbocycles. The predicted octanol–water partition coefficient (Wildman–Crippen LogP) is 5.13. The van der Waals surface area contributed by atoms with E-state index in [0.29, 0.717) is 29.3 Å². The van der Waals surface area contributed by atoms with Gasteiger partial charge in [0.25, 0.3) is 0 Å². The number of benzene rings is 2. The van der Waals surface area contributed by atoms with Gasteiger partial charge in [-0.25, -0.2) is 0 Å². The van der Waals surface area contributed by atoms with Crippen molar-refractivity contribution < 1.29 is 14.3 Å². The van der Waals surface area contributed by atoms with Crippen LogP contribution in [0.25, 0.3) is 21.8 Å². The van der Waals surface area contributed by atoms with Crippen LogP contribution in [0.4, 0.5) is 0 Å². The molecular weight excluding hydrogens is 388 g/mol. The van der Waals surface area contributed by atoms with E-state index in [1.807, 2.05) is 48.5 Å². The number of ether oxygens (including phenoxy) is 1. The van der Waals surface area contributed by atoms with Crippen molar-refractivity contribution >= 4 is 45.0 Å². The lowest BCUT2D eigenvalue weighted by atomic mass is 9.99. The lowest BCUT2D eigenvalue weighted by Gasteiger charge is -2.06. The van der Waals surface area contributed by atoms with Crippen LogP contribution in [-0.4, -0.2) is 28.2 Å². The van der Waals surface area contributed by atoms with E-state index in [4.69, 9.17) is 16.3 Å². The molecule has 4 rings (SSSR count). The van der Waals surface area contributed by atoms with Gasteiger partial charge in [-0.1, -0.05) is 48.0 Å². The molecule has 148 valence electrons. The number of halogens is 1. The van der Waals surface area contributed by atoms with Gasteiger partial charge in [0, 0.05) is 29.8 Å². The topological polar surface area (TPSA) is 64.1 Å². The van der Waals surface area contributed by atoms with Gasteiger partial charge in [0.2, 0.25) is 5.78 Å². The van der Waals surface area contributed by atoms with Crippen LogP contribution in [0.5, 0.6) is 0 Å². The average molecular weight is 409 g/mol. The van der Waals surface area contributed by atoms with Crippen LogP contribution in [0.2, 0.25) is 5.15 Å². The summed E-state index contributed by atoms with van der Waals surface area (Å²) in [7, 11) is 1.59. The van der Waals surface area contributed by atoms with E-state index in [1.165, 1.54) is 0 Å². The Morgan fingerprint density at radius 2 is 1.76 bits per heavy atom. The zero-order valence-electron chi connectivity index (χ0n) is 16.3. The largest absolute Gasteiger partial charge is 0.364 e. The summed E-state index contributed by atoms with van der Waals surface area (Å²) in [6.07, 6.45) is 0.871. The van der Waals surface area contributed by atoms with Gasteiger partial charge in [-0.15, -0.1) is 0 Å².